The lowest BCUT2D eigenvalue weighted by molar-refractivity contribution is 0.126. The molecule has 0 aliphatic rings. The van der Waals surface area contributed by atoms with E-state index in [9.17, 15) is 0 Å². The number of rotatable bonds is 8. The van der Waals surface area contributed by atoms with E-state index in [4.69, 9.17) is 18.7 Å². The van der Waals surface area contributed by atoms with Gasteiger partial charge in [-0.15, -0.1) is 5.10 Å². The number of furan rings is 1. The van der Waals surface area contributed by atoms with Gasteiger partial charge < -0.3 is 23.3 Å². The second-order valence-electron chi connectivity index (χ2n) is 7.74. The van der Waals surface area contributed by atoms with Crippen molar-refractivity contribution in [2.75, 3.05) is 14.2 Å². The maximum absolute atomic E-state index is 5.53. The summed E-state index contributed by atoms with van der Waals surface area (Å²) in [6.45, 7) is 4.86. The Balaban J connectivity index is 1.37. The normalized spacial score (nSPS) is 11.6. The zero-order valence-corrected chi connectivity index (χ0v) is 19.3. The van der Waals surface area contributed by atoms with Gasteiger partial charge in [0.2, 0.25) is 0 Å². The molecule has 0 N–H and O–H groups in total. The van der Waals surface area contributed by atoms with Crippen LogP contribution in [0.1, 0.15) is 28.4 Å². The van der Waals surface area contributed by atoms with Gasteiger partial charge in [0, 0.05) is 11.3 Å². The Morgan fingerprint density at radius 3 is 2.71 bits per heavy atom. The van der Waals surface area contributed by atoms with E-state index in [-0.39, 0.29) is 6.61 Å². The highest BCUT2D eigenvalue weighted by Crippen LogP contribution is 2.28. The van der Waals surface area contributed by atoms with Crippen LogP contribution in [0.2, 0.25) is 0 Å². The quantitative estimate of drug-likeness (QED) is 0.256. The molecule has 0 bridgehead atoms. The molecule has 1 aromatic carbocycles. The Morgan fingerprint density at radius 2 is 1.94 bits per heavy atom. The van der Waals surface area contributed by atoms with E-state index in [1.807, 2.05) is 30.3 Å². The summed E-state index contributed by atoms with van der Waals surface area (Å²) in [5.74, 6) is 2.65. The number of oxime groups is 1. The highest BCUT2D eigenvalue weighted by atomic mass is 16.6. The first kappa shape index (κ1) is 21.5. The number of aryl methyl sites for hydroxylation is 1. The minimum atomic E-state index is 0.123. The van der Waals surface area contributed by atoms with Crippen LogP contribution >= 0.6 is 0 Å². The predicted molar refractivity (Wildman–Crippen MR) is 125 cm³/mol. The van der Waals surface area contributed by atoms with Crippen molar-refractivity contribution >= 4 is 22.9 Å². The minimum Gasteiger partial charge on any atom is -0.493 e. The highest BCUT2D eigenvalue weighted by Gasteiger charge is 2.18. The summed E-state index contributed by atoms with van der Waals surface area (Å²) in [5, 5.41) is 9.49. The van der Waals surface area contributed by atoms with Crippen LogP contribution in [0, 0.1) is 13.8 Å². The van der Waals surface area contributed by atoms with Crippen molar-refractivity contribution in [3.8, 4) is 11.5 Å². The monoisotopic (exact) mass is 460 g/mol. The van der Waals surface area contributed by atoms with Gasteiger partial charge in [-0.1, -0.05) is 5.16 Å². The molecule has 5 rings (SSSR count). The lowest BCUT2D eigenvalue weighted by Gasteiger charge is -2.07. The summed E-state index contributed by atoms with van der Waals surface area (Å²) in [6.07, 6.45) is 4.94. The third-order valence-corrected chi connectivity index (χ3v) is 5.76. The molecule has 0 aliphatic heterocycles. The molecule has 34 heavy (non-hydrogen) atoms. The fraction of sp³-hybridized carbons (Fsp3) is 0.250. The molecule has 0 saturated heterocycles. The van der Waals surface area contributed by atoms with Crippen molar-refractivity contribution in [2.45, 2.75) is 27.0 Å². The number of fused-ring (bicyclic) bond motifs is 3. The summed E-state index contributed by atoms with van der Waals surface area (Å²) >= 11 is 0. The first-order valence-corrected chi connectivity index (χ1v) is 10.7. The third-order valence-electron chi connectivity index (χ3n) is 5.76. The molecule has 0 amide bonds. The average Bonchev–Trinajstić information content (AvgIpc) is 3.57. The molecule has 0 unspecified atom stereocenters. The number of nitrogens with zero attached hydrogens (tertiary/aromatic N) is 6. The van der Waals surface area contributed by atoms with Gasteiger partial charge in [-0.3, -0.25) is 0 Å². The largest absolute Gasteiger partial charge is 0.493 e. The van der Waals surface area contributed by atoms with Crippen molar-refractivity contribution < 1.29 is 18.7 Å². The van der Waals surface area contributed by atoms with Crippen LogP contribution in [0.15, 0.2) is 52.5 Å². The summed E-state index contributed by atoms with van der Waals surface area (Å²) in [4.78, 5) is 14.8. The molecule has 4 heterocycles. The highest BCUT2D eigenvalue weighted by molar-refractivity contribution is 5.93. The fourth-order valence-electron chi connectivity index (χ4n) is 3.91. The van der Waals surface area contributed by atoms with Crippen LogP contribution in [0.25, 0.3) is 16.7 Å². The topological polar surface area (TPSA) is 101 Å². The second kappa shape index (κ2) is 8.89. The van der Waals surface area contributed by atoms with Crippen molar-refractivity contribution in [3.05, 3.63) is 71.3 Å². The van der Waals surface area contributed by atoms with Crippen LogP contribution in [0.3, 0.4) is 0 Å². The maximum atomic E-state index is 5.53. The van der Waals surface area contributed by atoms with Crippen molar-refractivity contribution in [2.24, 2.45) is 5.16 Å². The molecule has 0 saturated carbocycles. The number of hydrogen-bond donors (Lipinski definition) is 0. The van der Waals surface area contributed by atoms with Gasteiger partial charge in [0.15, 0.2) is 29.6 Å². The average molecular weight is 460 g/mol. The van der Waals surface area contributed by atoms with Gasteiger partial charge in [0.25, 0.3) is 0 Å². The van der Waals surface area contributed by atoms with Crippen LogP contribution in [-0.4, -0.2) is 44.6 Å². The molecule has 4 aromatic heterocycles. The molecule has 0 atom stereocenters. The van der Waals surface area contributed by atoms with Gasteiger partial charge >= 0.3 is 0 Å². The van der Waals surface area contributed by atoms with E-state index < -0.39 is 0 Å². The number of hydrogen-bond acceptors (Lipinski definition) is 8. The Bertz CT molecular complexity index is 1480. The van der Waals surface area contributed by atoms with Gasteiger partial charge in [-0.25, -0.2) is 14.5 Å². The standard InChI is InChI=1S/C24H24N6O4/c1-15-16(2)29(12-18-6-5-9-33-18)23-22(15)24-27-21(28-30(24)14-25-23)13-34-26-11-17-7-8-19(31-3)20(10-17)32-4/h5-11,14H,12-13H2,1-4H3/b26-11+. The van der Waals surface area contributed by atoms with Crippen LogP contribution in [0.4, 0.5) is 0 Å². The van der Waals surface area contributed by atoms with E-state index in [0.717, 1.165) is 39.3 Å². The van der Waals surface area contributed by atoms with E-state index in [1.54, 1.807) is 37.5 Å². The van der Waals surface area contributed by atoms with Gasteiger partial charge in [0.05, 0.1) is 38.6 Å². The predicted octanol–water partition coefficient (Wildman–Crippen LogP) is 3.91. The lowest BCUT2D eigenvalue weighted by Crippen LogP contribution is -2.02. The fourth-order valence-corrected chi connectivity index (χ4v) is 3.91. The van der Waals surface area contributed by atoms with E-state index in [0.29, 0.717) is 23.9 Å². The molecule has 5 aromatic rings. The van der Waals surface area contributed by atoms with Crippen LogP contribution < -0.4 is 9.47 Å². The van der Waals surface area contributed by atoms with Crippen molar-refractivity contribution in [1.29, 1.82) is 0 Å². The summed E-state index contributed by atoms with van der Waals surface area (Å²) in [5.41, 5.74) is 4.59. The zero-order chi connectivity index (χ0) is 23.7. The molecule has 0 aliphatic carbocycles. The second-order valence-corrected chi connectivity index (χ2v) is 7.74. The summed E-state index contributed by atoms with van der Waals surface area (Å²) in [7, 11) is 3.18. The molecule has 174 valence electrons. The van der Waals surface area contributed by atoms with Crippen molar-refractivity contribution in [3.63, 3.8) is 0 Å². The number of benzene rings is 1. The Hall–Kier alpha value is -4.34. The summed E-state index contributed by atoms with van der Waals surface area (Å²) < 4.78 is 19.9. The lowest BCUT2D eigenvalue weighted by atomic mass is 10.2. The Morgan fingerprint density at radius 1 is 1.09 bits per heavy atom. The molecular weight excluding hydrogens is 436 g/mol. The molecule has 0 radical (unpaired) electrons. The first-order chi connectivity index (χ1) is 16.6. The molecule has 0 spiro atoms. The van der Waals surface area contributed by atoms with Crippen LogP contribution in [-0.2, 0) is 18.0 Å². The number of methoxy groups -OCH3 is 2. The number of aromatic nitrogens is 5. The minimum absolute atomic E-state index is 0.123. The number of ether oxygens (including phenoxy) is 2. The molecule has 10 nitrogen and oxygen atoms in total. The maximum Gasteiger partial charge on any atom is 0.192 e. The molecular formula is C24H24N6O4. The smallest absolute Gasteiger partial charge is 0.192 e. The molecule has 0 fully saturated rings. The van der Waals surface area contributed by atoms with E-state index >= 15 is 0 Å². The Labute approximate surface area is 195 Å². The van der Waals surface area contributed by atoms with E-state index in [2.05, 4.69) is 38.6 Å². The third kappa shape index (κ3) is 3.83. The summed E-state index contributed by atoms with van der Waals surface area (Å²) in [6, 6.07) is 9.32. The SMILES string of the molecule is COc1ccc(/C=N/OCc2nc3c4c(C)c(C)n(Cc5ccco5)c4ncn3n2)cc1OC. The molecule has 10 heteroatoms. The zero-order valence-electron chi connectivity index (χ0n) is 19.3. The van der Waals surface area contributed by atoms with Crippen LogP contribution in [0.5, 0.6) is 11.5 Å². The van der Waals surface area contributed by atoms with Gasteiger partial charge in [0.1, 0.15) is 17.7 Å². The first-order valence-electron chi connectivity index (χ1n) is 10.7. The van der Waals surface area contributed by atoms with Gasteiger partial charge in [-0.2, -0.15) is 0 Å². The Kier molecular flexibility index (Phi) is 5.62. The van der Waals surface area contributed by atoms with Crippen molar-refractivity contribution in [1.82, 2.24) is 24.1 Å². The van der Waals surface area contributed by atoms with E-state index in [1.165, 1.54) is 0 Å². The van der Waals surface area contributed by atoms with Gasteiger partial charge in [-0.05, 0) is 49.7 Å².